The highest BCUT2D eigenvalue weighted by molar-refractivity contribution is 7.46. The molecule has 36 heavy (non-hydrogen) atoms. The number of hydrogen-bond donors (Lipinski definition) is 5. The summed E-state index contributed by atoms with van der Waals surface area (Å²) in [4.78, 5) is 30.6. The molecule has 1 saturated heterocycles. The van der Waals surface area contributed by atoms with Gasteiger partial charge in [-0.25, -0.2) is 19.5 Å². The predicted molar refractivity (Wildman–Crippen MR) is 123 cm³/mol. The molecular weight excluding hydrogens is 501 g/mol. The number of aliphatic hydroxyl groups is 2. The van der Waals surface area contributed by atoms with E-state index in [1.165, 1.54) is 38.6 Å². The van der Waals surface area contributed by atoms with Gasteiger partial charge in [0, 0.05) is 18.2 Å². The van der Waals surface area contributed by atoms with Gasteiger partial charge in [-0.3, -0.25) is 9.09 Å². The van der Waals surface area contributed by atoms with Crippen molar-refractivity contribution < 1.29 is 48.0 Å². The molecule has 0 amide bonds. The summed E-state index contributed by atoms with van der Waals surface area (Å²) in [7, 11) is -0.190. The fourth-order valence-corrected chi connectivity index (χ4v) is 4.19. The van der Waals surface area contributed by atoms with Crippen molar-refractivity contribution in [2.24, 2.45) is 0 Å². The maximum atomic E-state index is 11.0. The van der Waals surface area contributed by atoms with Crippen LogP contribution in [-0.4, -0.2) is 85.8 Å². The van der Waals surface area contributed by atoms with Gasteiger partial charge in [0.25, 0.3) is 0 Å². The second-order valence-electron chi connectivity index (χ2n) is 7.75. The number of fused-ring (bicyclic) bond motifs is 1. The lowest BCUT2D eigenvalue weighted by Gasteiger charge is -2.17. The summed E-state index contributed by atoms with van der Waals surface area (Å²) in [6.45, 7) is -0.341. The van der Waals surface area contributed by atoms with Gasteiger partial charge in [-0.05, 0) is 6.07 Å². The molecule has 16 heteroatoms. The van der Waals surface area contributed by atoms with E-state index in [0.717, 1.165) is 5.56 Å². The van der Waals surface area contributed by atoms with Crippen LogP contribution in [0.25, 0.3) is 11.2 Å². The van der Waals surface area contributed by atoms with E-state index < -0.39 is 39.0 Å². The summed E-state index contributed by atoms with van der Waals surface area (Å²) in [5.74, 6) is 1.99. The van der Waals surface area contributed by atoms with E-state index in [-0.39, 0.29) is 6.54 Å². The highest BCUT2D eigenvalue weighted by Gasteiger charge is 2.45. The number of anilines is 1. The standard InChI is InChI=1S/C20H26N5O10P/c1-31-11-5-13(33-3)12(32-2)4-10(11)6-21-18-15-19(23-8-22-18)25(9-24-15)20-17(27)16(26)14(35-20)7-34-36(28,29)30/h4-5,8-9,14,16-17,20,26-27H,6-7H2,1-3H3,(H,21,22,23)(H2,28,29,30)/t14-,16-,17-,20-/m1/s1. The number of aliphatic hydroxyl groups excluding tert-OH is 2. The Balaban J connectivity index is 1.56. The summed E-state index contributed by atoms with van der Waals surface area (Å²) in [6, 6.07) is 3.47. The maximum Gasteiger partial charge on any atom is 0.469 e. The highest BCUT2D eigenvalue weighted by atomic mass is 31.2. The molecule has 0 unspecified atom stereocenters. The van der Waals surface area contributed by atoms with Crippen LogP contribution in [0.1, 0.15) is 11.8 Å². The van der Waals surface area contributed by atoms with Gasteiger partial charge in [0.15, 0.2) is 34.7 Å². The number of nitrogens with one attached hydrogen (secondary N) is 1. The molecule has 1 fully saturated rings. The zero-order chi connectivity index (χ0) is 26.0. The first-order valence-electron chi connectivity index (χ1n) is 10.6. The second kappa shape index (κ2) is 10.5. The molecule has 0 bridgehead atoms. The van der Waals surface area contributed by atoms with Gasteiger partial charge >= 0.3 is 7.82 Å². The van der Waals surface area contributed by atoms with Crippen LogP contribution in [0.5, 0.6) is 17.2 Å². The Bertz CT molecular complexity index is 1270. The molecule has 1 aliphatic rings. The number of benzene rings is 1. The van der Waals surface area contributed by atoms with Crippen molar-refractivity contribution >= 4 is 24.8 Å². The van der Waals surface area contributed by atoms with Gasteiger partial charge in [-0.2, -0.15) is 0 Å². The molecule has 0 aliphatic carbocycles. The van der Waals surface area contributed by atoms with E-state index in [1.54, 1.807) is 12.1 Å². The topological polar surface area (TPSA) is 200 Å². The molecule has 2 aromatic heterocycles. The number of aromatic nitrogens is 4. The van der Waals surface area contributed by atoms with Crippen LogP contribution >= 0.6 is 7.82 Å². The minimum Gasteiger partial charge on any atom is -0.496 e. The summed E-state index contributed by atoms with van der Waals surface area (Å²) in [5.41, 5.74) is 1.41. The van der Waals surface area contributed by atoms with Crippen LogP contribution in [0.15, 0.2) is 24.8 Å². The van der Waals surface area contributed by atoms with E-state index in [2.05, 4.69) is 24.8 Å². The fraction of sp³-hybridized carbons (Fsp3) is 0.450. The van der Waals surface area contributed by atoms with Crippen LogP contribution in [0.3, 0.4) is 0 Å². The summed E-state index contributed by atoms with van der Waals surface area (Å²) >= 11 is 0. The Morgan fingerprint density at radius 2 is 1.72 bits per heavy atom. The number of imidazole rings is 1. The van der Waals surface area contributed by atoms with Crippen molar-refractivity contribution in [1.82, 2.24) is 19.5 Å². The van der Waals surface area contributed by atoms with E-state index in [4.69, 9.17) is 28.7 Å². The number of methoxy groups -OCH3 is 3. The molecule has 0 spiro atoms. The monoisotopic (exact) mass is 527 g/mol. The first-order valence-corrected chi connectivity index (χ1v) is 12.1. The summed E-state index contributed by atoms with van der Waals surface area (Å²) in [6.07, 6.45) is -2.57. The molecule has 15 nitrogen and oxygen atoms in total. The Morgan fingerprint density at radius 3 is 2.39 bits per heavy atom. The van der Waals surface area contributed by atoms with Gasteiger partial charge in [-0.1, -0.05) is 0 Å². The number of nitrogens with zero attached hydrogens (tertiary/aromatic N) is 4. The average Bonchev–Trinajstić information content (AvgIpc) is 3.41. The zero-order valence-corrected chi connectivity index (χ0v) is 20.4. The molecule has 4 rings (SSSR count). The highest BCUT2D eigenvalue weighted by Crippen LogP contribution is 2.39. The Hall–Kier alpha value is -3.04. The van der Waals surface area contributed by atoms with Gasteiger partial charge in [0.2, 0.25) is 0 Å². The molecule has 5 N–H and O–H groups in total. The first-order chi connectivity index (χ1) is 17.2. The molecule has 0 radical (unpaired) electrons. The van der Waals surface area contributed by atoms with Gasteiger partial charge in [0.05, 0.1) is 34.3 Å². The van der Waals surface area contributed by atoms with E-state index in [9.17, 15) is 14.8 Å². The Morgan fingerprint density at radius 1 is 1.03 bits per heavy atom. The molecule has 3 aromatic rings. The summed E-state index contributed by atoms with van der Waals surface area (Å²) in [5, 5.41) is 23.9. The lowest BCUT2D eigenvalue weighted by atomic mass is 10.1. The largest absolute Gasteiger partial charge is 0.496 e. The fourth-order valence-electron chi connectivity index (χ4n) is 3.84. The summed E-state index contributed by atoms with van der Waals surface area (Å²) < 4.78 is 38.5. The molecular formula is C20H26N5O10P. The predicted octanol–water partition coefficient (Wildman–Crippen LogP) is 0.193. The zero-order valence-electron chi connectivity index (χ0n) is 19.5. The minimum absolute atomic E-state index is 0.283. The quantitative estimate of drug-likeness (QED) is 0.224. The van der Waals surface area contributed by atoms with Crippen LogP contribution in [-0.2, 0) is 20.4 Å². The Kier molecular flexibility index (Phi) is 7.61. The van der Waals surface area contributed by atoms with Crippen molar-refractivity contribution in [3.8, 4) is 17.2 Å². The second-order valence-corrected chi connectivity index (χ2v) is 8.99. The third kappa shape index (κ3) is 5.22. The number of phosphoric ester groups is 1. The SMILES string of the molecule is COc1cc(OC)c(OC)cc1CNc1ncnc2c1ncn2[C@@H]1O[C@H](COP(=O)(O)O)[C@@H](O)[C@H]1O. The van der Waals surface area contributed by atoms with Crippen LogP contribution < -0.4 is 19.5 Å². The van der Waals surface area contributed by atoms with Crippen LogP contribution in [0.4, 0.5) is 5.82 Å². The van der Waals surface area contributed by atoms with E-state index in [0.29, 0.717) is 34.2 Å². The smallest absolute Gasteiger partial charge is 0.469 e. The average molecular weight is 527 g/mol. The normalized spacial score (nSPS) is 22.1. The Labute approximate surface area is 204 Å². The minimum atomic E-state index is -4.78. The number of hydrogen-bond acceptors (Lipinski definition) is 12. The maximum absolute atomic E-state index is 11.0. The van der Waals surface area contributed by atoms with Crippen molar-refractivity contribution in [3.63, 3.8) is 0 Å². The van der Waals surface area contributed by atoms with Crippen molar-refractivity contribution in [2.45, 2.75) is 31.1 Å². The molecule has 196 valence electrons. The van der Waals surface area contributed by atoms with Crippen molar-refractivity contribution in [3.05, 3.63) is 30.4 Å². The third-order valence-corrected chi connectivity index (χ3v) is 6.10. The lowest BCUT2D eigenvalue weighted by molar-refractivity contribution is -0.0504. The third-order valence-electron chi connectivity index (χ3n) is 5.61. The molecule has 3 heterocycles. The molecule has 0 saturated carbocycles. The number of ether oxygens (including phenoxy) is 4. The molecule has 4 atom stereocenters. The first kappa shape index (κ1) is 26.0. The van der Waals surface area contributed by atoms with Gasteiger partial charge in [0.1, 0.15) is 30.4 Å². The van der Waals surface area contributed by atoms with Crippen LogP contribution in [0, 0.1) is 0 Å². The molecule has 1 aliphatic heterocycles. The molecule has 1 aromatic carbocycles. The number of rotatable bonds is 10. The van der Waals surface area contributed by atoms with Gasteiger partial charge < -0.3 is 44.3 Å². The van der Waals surface area contributed by atoms with E-state index in [1.807, 2.05) is 0 Å². The van der Waals surface area contributed by atoms with Crippen molar-refractivity contribution in [2.75, 3.05) is 33.3 Å². The van der Waals surface area contributed by atoms with Gasteiger partial charge in [-0.15, -0.1) is 0 Å². The van der Waals surface area contributed by atoms with Crippen LogP contribution in [0.2, 0.25) is 0 Å². The lowest BCUT2D eigenvalue weighted by Crippen LogP contribution is -2.33. The van der Waals surface area contributed by atoms with Crippen molar-refractivity contribution in [1.29, 1.82) is 0 Å². The van der Waals surface area contributed by atoms with E-state index >= 15 is 0 Å². The number of phosphoric acid groups is 1.